The van der Waals surface area contributed by atoms with Crippen molar-refractivity contribution in [2.45, 2.75) is 84.0 Å². The fraction of sp³-hybridized carbons (Fsp3) is 0.413. The summed E-state index contributed by atoms with van der Waals surface area (Å²) in [6.45, 7) is 10.4. The molecule has 1 aliphatic rings. The number of phenolic OH excluding ortho intramolecular Hbond substituents is 1. The number of phenols is 1. The summed E-state index contributed by atoms with van der Waals surface area (Å²) in [4.78, 5) is 78.3. The molecule has 342 valence electrons. The third-order valence-electron chi connectivity index (χ3n) is 10.8. The van der Waals surface area contributed by atoms with Crippen molar-refractivity contribution >= 4 is 29.6 Å². The summed E-state index contributed by atoms with van der Waals surface area (Å²) in [6, 6.07) is 11.1. The average molecular weight is 883 g/mol. The maximum atomic E-state index is 14.4. The number of carbonyl (C=O) groups is 5. The monoisotopic (exact) mass is 882 g/mol. The highest BCUT2D eigenvalue weighted by Gasteiger charge is 2.35. The molecule has 4 bridgehead atoms. The van der Waals surface area contributed by atoms with E-state index in [2.05, 4.69) is 46.7 Å². The Morgan fingerprint density at radius 3 is 2.22 bits per heavy atom. The number of aliphatic carboxylic acids is 1. The number of amides is 4. The smallest absolute Gasteiger partial charge is 0.326 e. The van der Waals surface area contributed by atoms with Crippen molar-refractivity contribution in [1.29, 1.82) is 0 Å². The summed E-state index contributed by atoms with van der Waals surface area (Å²) in [6.07, 6.45) is -0.855. The lowest BCUT2D eigenvalue weighted by molar-refractivity contribution is -0.142. The number of aliphatic hydroxyl groups excluding tert-OH is 1. The number of aliphatic hydroxyl groups is 1. The van der Waals surface area contributed by atoms with E-state index in [0.717, 1.165) is 16.0 Å². The van der Waals surface area contributed by atoms with Crippen LogP contribution in [0.1, 0.15) is 78.6 Å². The molecule has 10 N–H and O–H groups in total. The fourth-order valence-corrected chi connectivity index (χ4v) is 7.11. The van der Waals surface area contributed by atoms with Gasteiger partial charge < -0.3 is 57.1 Å². The van der Waals surface area contributed by atoms with Gasteiger partial charge >= 0.3 is 5.97 Å². The highest BCUT2D eigenvalue weighted by Crippen LogP contribution is 2.44. The van der Waals surface area contributed by atoms with Gasteiger partial charge in [-0.25, -0.2) is 14.8 Å². The topological polar surface area (TPSA) is 282 Å². The van der Waals surface area contributed by atoms with Crippen LogP contribution in [-0.2, 0) is 31.0 Å². The van der Waals surface area contributed by atoms with Gasteiger partial charge in [-0.2, -0.15) is 0 Å². The normalized spacial score (nSPS) is 17.0. The van der Waals surface area contributed by atoms with Gasteiger partial charge in [-0.3, -0.25) is 19.2 Å². The van der Waals surface area contributed by atoms with Crippen LogP contribution in [0, 0.1) is 13.8 Å². The first-order valence-corrected chi connectivity index (χ1v) is 20.9. The third kappa shape index (κ3) is 11.5. The minimum Gasteiger partial charge on any atom is -0.504 e. The lowest BCUT2D eigenvalue weighted by atomic mass is 9.86. The van der Waals surface area contributed by atoms with E-state index in [1.54, 1.807) is 32.0 Å². The number of nitrogens with zero attached hydrogens (tertiary/aromatic N) is 3. The Bertz CT molecular complexity index is 2360. The summed E-state index contributed by atoms with van der Waals surface area (Å²) in [5, 5.41) is 39.9. The maximum Gasteiger partial charge on any atom is 0.326 e. The minimum atomic E-state index is -1.56. The fourth-order valence-electron chi connectivity index (χ4n) is 7.11. The third-order valence-corrected chi connectivity index (χ3v) is 10.8. The van der Waals surface area contributed by atoms with Crippen LogP contribution in [0.15, 0.2) is 54.6 Å². The van der Waals surface area contributed by atoms with Gasteiger partial charge in [-0.1, -0.05) is 51.1 Å². The Morgan fingerprint density at radius 2 is 1.61 bits per heavy atom. The number of fused-ring (bicyclic) bond motifs is 5. The standard InChI is InChI=1S/C46H58N8O10/c1-24-38(25(2)51-41(50-24)28-10-12-30(13-11-28)46(4,5)6)43(59)49-22-37(56)54(7)39-29-19-33(40(57)36(20-29)64-23-31(55)21-48)32-17-27(9-14-35(32)63-16-8-15-47)18-34(45(61)62)53-42(58)26(3)52-44(39)60/h9-14,17,19-20,26,31,34,39,55,57H,8,15-16,18,21-23,47-48H2,1-7H3,(H,49,59)(H,52,60)(H,53,58)(H,61,62)/t26-,31+,34-,39-/m0/s1. The van der Waals surface area contributed by atoms with Gasteiger partial charge in [0.25, 0.3) is 5.91 Å². The van der Waals surface area contributed by atoms with Crippen molar-refractivity contribution in [3.63, 3.8) is 0 Å². The molecule has 1 aliphatic heterocycles. The van der Waals surface area contributed by atoms with Gasteiger partial charge in [0.15, 0.2) is 17.3 Å². The molecule has 2 heterocycles. The zero-order chi connectivity index (χ0) is 47.0. The Balaban J connectivity index is 1.55. The van der Waals surface area contributed by atoms with Crippen molar-refractivity contribution < 1.29 is 48.8 Å². The second-order valence-electron chi connectivity index (χ2n) is 16.8. The summed E-state index contributed by atoms with van der Waals surface area (Å²) >= 11 is 0. The number of hydrogen-bond acceptors (Lipinski definition) is 13. The van der Waals surface area contributed by atoms with Crippen LogP contribution in [0.2, 0.25) is 0 Å². The van der Waals surface area contributed by atoms with Gasteiger partial charge in [-0.15, -0.1) is 0 Å². The van der Waals surface area contributed by atoms with Crippen LogP contribution in [0.5, 0.6) is 17.2 Å². The van der Waals surface area contributed by atoms with E-state index in [9.17, 15) is 39.3 Å². The Morgan fingerprint density at radius 1 is 0.938 bits per heavy atom. The van der Waals surface area contributed by atoms with Crippen molar-refractivity contribution in [2.24, 2.45) is 11.5 Å². The predicted molar refractivity (Wildman–Crippen MR) is 238 cm³/mol. The number of likely N-dealkylation sites (N-methyl/N-ethyl adjacent to an activating group) is 1. The maximum absolute atomic E-state index is 14.4. The van der Waals surface area contributed by atoms with Gasteiger partial charge in [0.05, 0.1) is 30.1 Å². The number of aromatic nitrogens is 2. The Labute approximate surface area is 371 Å². The highest BCUT2D eigenvalue weighted by molar-refractivity contribution is 5.99. The van der Waals surface area contributed by atoms with Crippen molar-refractivity contribution in [1.82, 2.24) is 30.8 Å². The lowest BCUT2D eigenvalue weighted by Crippen LogP contribution is -2.53. The number of hydrogen-bond donors (Lipinski definition) is 8. The molecule has 5 rings (SSSR count). The highest BCUT2D eigenvalue weighted by atomic mass is 16.5. The van der Waals surface area contributed by atoms with E-state index in [1.807, 2.05) is 24.3 Å². The van der Waals surface area contributed by atoms with Crippen molar-refractivity contribution in [3.05, 3.63) is 88.2 Å². The molecule has 4 atom stereocenters. The largest absolute Gasteiger partial charge is 0.504 e. The van der Waals surface area contributed by atoms with E-state index in [0.29, 0.717) is 35.7 Å². The average Bonchev–Trinajstić information content (AvgIpc) is 3.24. The van der Waals surface area contributed by atoms with Crippen LogP contribution in [0.25, 0.3) is 22.5 Å². The first-order chi connectivity index (χ1) is 30.2. The molecule has 0 unspecified atom stereocenters. The van der Waals surface area contributed by atoms with E-state index < -0.39 is 66.1 Å². The van der Waals surface area contributed by atoms with Crippen LogP contribution in [0.4, 0.5) is 0 Å². The van der Waals surface area contributed by atoms with Gasteiger partial charge in [0.1, 0.15) is 36.6 Å². The van der Waals surface area contributed by atoms with Crippen LogP contribution in [-0.4, -0.2) is 118 Å². The van der Waals surface area contributed by atoms with Crippen LogP contribution < -0.4 is 36.9 Å². The summed E-state index contributed by atoms with van der Waals surface area (Å²) in [5.41, 5.74) is 15.0. The predicted octanol–water partition coefficient (Wildman–Crippen LogP) is 2.42. The number of carboxylic acid groups (broad SMARTS) is 1. The van der Waals surface area contributed by atoms with Crippen molar-refractivity contribution in [2.75, 3.05) is 39.9 Å². The number of carbonyl (C=O) groups excluding carboxylic acids is 4. The molecule has 18 heteroatoms. The molecule has 18 nitrogen and oxygen atoms in total. The molecule has 1 aromatic heterocycles. The van der Waals surface area contributed by atoms with Crippen LogP contribution in [0.3, 0.4) is 0 Å². The summed E-state index contributed by atoms with van der Waals surface area (Å²) < 4.78 is 11.9. The molecule has 3 aromatic carbocycles. The number of ether oxygens (including phenoxy) is 2. The first kappa shape index (κ1) is 48.4. The molecule has 4 amide bonds. The number of aryl methyl sites for hydroxylation is 2. The molecular formula is C46H58N8O10. The molecule has 0 radical (unpaired) electrons. The second kappa shape index (κ2) is 20.7. The number of rotatable bonds is 14. The zero-order valence-corrected chi connectivity index (χ0v) is 37.2. The zero-order valence-electron chi connectivity index (χ0n) is 37.2. The van der Waals surface area contributed by atoms with E-state index in [4.69, 9.17) is 20.9 Å². The molecule has 0 spiro atoms. The van der Waals surface area contributed by atoms with Crippen LogP contribution >= 0.6 is 0 Å². The van der Waals surface area contributed by atoms with E-state index in [-0.39, 0.29) is 65.3 Å². The molecule has 0 saturated heterocycles. The summed E-state index contributed by atoms with van der Waals surface area (Å²) in [5.74, 6) is -4.36. The molecule has 4 aromatic rings. The van der Waals surface area contributed by atoms with E-state index in [1.165, 1.54) is 26.1 Å². The number of carboxylic acids is 1. The second-order valence-corrected chi connectivity index (χ2v) is 16.8. The molecule has 64 heavy (non-hydrogen) atoms. The first-order valence-electron chi connectivity index (χ1n) is 20.9. The van der Waals surface area contributed by atoms with Gasteiger partial charge in [0.2, 0.25) is 17.7 Å². The Kier molecular flexibility index (Phi) is 15.7. The lowest BCUT2D eigenvalue weighted by Gasteiger charge is -2.30. The molecule has 0 saturated carbocycles. The molecule has 0 aliphatic carbocycles. The van der Waals surface area contributed by atoms with Gasteiger partial charge in [0, 0.05) is 36.7 Å². The quantitative estimate of drug-likeness (QED) is 0.0845. The van der Waals surface area contributed by atoms with Crippen molar-refractivity contribution in [3.8, 4) is 39.8 Å². The number of nitrogens with two attached hydrogens (primary N) is 2. The van der Waals surface area contributed by atoms with Gasteiger partial charge in [-0.05, 0) is 80.1 Å². The number of aromatic hydroxyl groups is 1. The molecule has 0 fully saturated rings. The minimum absolute atomic E-state index is 0.0490. The number of benzene rings is 3. The number of nitrogens with one attached hydrogen (secondary N) is 3. The van der Waals surface area contributed by atoms with E-state index >= 15 is 0 Å². The Hall–Kier alpha value is -6.63. The molecular weight excluding hydrogens is 825 g/mol. The summed E-state index contributed by atoms with van der Waals surface area (Å²) in [7, 11) is 1.32. The SMILES string of the molecule is Cc1nc(-c2ccc(C(C)(C)C)cc2)nc(C)c1C(=O)NCC(=O)N(C)[C@@H]1C(=O)N[C@@H](C)C(=O)N[C@H](C(=O)O)Cc2ccc(OCCCN)c(c2)-c2cc1cc(OC[C@H](O)CN)c2O.